The smallest absolute Gasteiger partial charge is 0.223 e. The van der Waals surface area contributed by atoms with E-state index in [2.05, 4.69) is 37.3 Å². The third kappa shape index (κ3) is 3.71. The average Bonchev–Trinajstić information content (AvgIpc) is 2.39. The number of anilines is 1. The van der Waals surface area contributed by atoms with Gasteiger partial charge in [-0.2, -0.15) is 0 Å². The van der Waals surface area contributed by atoms with Crippen LogP contribution in [-0.4, -0.2) is 15.0 Å². The molecule has 0 spiro atoms. The van der Waals surface area contributed by atoms with Gasteiger partial charge in [0.2, 0.25) is 5.95 Å². The van der Waals surface area contributed by atoms with Gasteiger partial charge in [0, 0.05) is 10.7 Å². The molecule has 19 heavy (non-hydrogen) atoms. The fourth-order valence-corrected chi connectivity index (χ4v) is 2.15. The second-order valence-electron chi connectivity index (χ2n) is 4.05. The first-order valence-electron chi connectivity index (χ1n) is 5.71. The molecule has 98 valence electrons. The van der Waals surface area contributed by atoms with Crippen LogP contribution in [0.2, 0.25) is 0 Å². The average molecular weight is 337 g/mol. The first-order chi connectivity index (χ1) is 9.06. The van der Waals surface area contributed by atoms with Crippen molar-refractivity contribution in [3.05, 3.63) is 52.3 Å². The molecule has 1 aromatic carbocycles. The molecular weight excluding hydrogens is 324 g/mol. The molecule has 1 heterocycles. The Balaban J connectivity index is 2.17. The first-order valence-corrected chi connectivity index (χ1v) is 6.91. The van der Waals surface area contributed by atoms with Crippen molar-refractivity contribution in [2.24, 2.45) is 5.73 Å². The Bertz CT molecular complexity index is 603. The molecule has 2 aromatic rings. The van der Waals surface area contributed by atoms with Crippen molar-refractivity contribution in [1.29, 1.82) is 0 Å². The minimum absolute atomic E-state index is 0.0825. The molecular formula is C13H13BrN4S. The molecule has 0 amide bonds. The largest absolute Gasteiger partial charge is 0.388 e. The van der Waals surface area contributed by atoms with Gasteiger partial charge in [0.1, 0.15) is 10.7 Å². The fraction of sp³-hybridized carbons (Fsp3) is 0.154. The summed E-state index contributed by atoms with van der Waals surface area (Å²) < 4.78 is 1.04. The maximum Gasteiger partial charge on any atom is 0.223 e. The quantitative estimate of drug-likeness (QED) is 0.840. The highest BCUT2D eigenvalue weighted by Crippen LogP contribution is 2.20. The van der Waals surface area contributed by atoms with Gasteiger partial charge < -0.3 is 11.1 Å². The highest BCUT2D eigenvalue weighted by atomic mass is 79.9. The Kier molecular flexibility index (Phi) is 4.44. The second-order valence-corrected chi connectivity index (χ2v) is 5.41. The van der Waals surface area contributed by atoms with Crippen molar-refractivity contribution in [3.8, 4) is 0 Å². The minimum Gasteiger partial charge on any atom is -0.388 e. The van der Waals surface area contributed by atoms with Gasteiger partial charge >= 0.3 is 0 Å². The molecule has 0 saturated heterocycles. The van der Waals surface area contributed by atoms with Gasteiger partial charge in [-0.05, 0) is 30.7 Å². The van der Waals surface area contributed by atoms with Gasteiger partial charge in [-0.3, -0.25) is 0 Å². The number of rotatable bonds is 4. The SMILES string of the molecule is CC(Nc1nccc(C(N)=S)n1)c1cccc(Br)c1. The van der Waals surface area contributed by atoms with E-state index < -0.39 is 0 Å². The van der Waals surface area contributed by atoms with Crippen molar-refractivity contribution < 1.29 is 0 Å². The van der Waals surface area contributed by atoms with Crippen LogP contribution in [0.5, 0.6) is 0 Å². The summed E-state index contributed by atoms with van der Waals surface area (Å²) in [6.07, 6.45) is 1.64. The topological polar surface area (TPSA) is 63.8 Å². The Labute approximate surface area is 125 Å². The minimum atomic E-state index is 0.0825. The van der Waals surface area contributed by atoms with Crippen molar-refractivity contribution in [2.75, 3.05) is 5.32 Å². The Morgan fingerprint density at radius 1 is 1.42 bits per heavy atom. The molecule has 1 unspecified atom stereocenters. The highest BCUT2D eigenvalue weighted by molar-refractivity contribution is 9.10. The van der Waals surface area contributed by atoms with Gasteiger partial charge in [-0.15, -0.1) is 0 Å². The van der Waals surface area contributed by atoms with Crippen LogP contribution in [0.3, 0.4) is 0 Å². The van der Waals surface area contributed by atoms with Crippen molar-refractivity contribution in [1.82, 2.24) is 9.97 Å². The summed E-state index contributed by atoms with van der Waals surface area (Å²) in [4.78, 5) is 8.69. The van der Waals surface area contributed by atoms with E-state index in [0.717, 1.165) is 10.0 Å². The normalized spacial score (nSPS) is 11.9. The molecule has 0 radical (unpaired) electrons. The summed E-state index contributed by atoms with van der Waals surface area (Å²) in [6.45, 7) is 2.04. The number of hydrogen-bond acceptors (Lipinski definition) is 4. The van der Waals surface area contributed by atoms with E-state index in [4.69, 9.17) is 18.0 Å². The molecule has 0 aliphatic carbocycles. The summed E-state index contributed by atoms with van der Waals surface area (Å²) in [5.74, 6) is 0.512. The molecule has 1 aromatic heterocycles. The number of hydrogen-bond donors (Lipinski definition) is 2. The Morgan fingerprint density at radius 2 is 2.21 bits per heavy atom. The standard InChI is InChI=1S/C13H13BrN4S/c1-8(9-3-2-4-10(14)7-9)17-13-16-6-5-11(18-13)12(15)19/h2-8H,1H3,(H2,15,19)(H,16,17,18). The molecule has 0 saturated carbocycles. The van der Waals surface area contributed by atoms with E-state index in [1.54, 1.807) is 12.3 Å². The lowest BCUT2D eigenvalue weighted by molar-refractivity contribution is 0.859. The van der Waals surface area contributed by atoms with E-state index in [0.29, 0.717) is 11.6 Å². The lowest BCUT2D eigenvalue weighted by atomic mass is 10.1. The number of aromatic nitrogens is 2. The third-order valence-electron chi connectivity index (χ3n) is 2.60. The monoisotopic (exact) mass is 336 g/mol. The summed E-state index contributed by atoms with van der Waals surface area (Å²) in [7, 11) is 0. The first kappa shape index (κ1) is 13.9. The van der Waals surface area contributed by atoms with E-state index in [1.165, 1.54) is 0 Å². The lowest BCUT2D eigenvalue weighted by Gasteiger charge is -2.14. The maximum absolute atomic E-state index is 5.55. The number of nitrogens with two attached hydrogens (primary N) is 1. The van der Waals surface area contributed by atoms with Crippen LogP contribution in [-0.2, 0) is 0 Å². The highest BCUT2D eigenvalue weighted by Gasteiger charge is 2.08. The number of nitrogens with zero attached hydrogens (tertiary/aromatic N) is 2. The van der Waals surface area contributed by atoms with Crippen LogP contribution in [0.25, 0.3) is 0 Å². The summed E-state index contributed by atoms with van der Waals surface area (Å²) in [6, 6.07) is 9.84. The number of halogens is 1. The van der Waals surface area contributed by atoms with Crippen LogP contribution in [0.4, 0.5) is 5.95 Å². The number of benzene rings is 1. The zero-order chi connectivity index (χ0) is 13.8. The molecule has 1 atom stereocenters. The van der Waals surface area contributed by atoms with Crippen molar-refractivity contribution in [3.63, 3.8) is 0 Å². The van der Waals surface area contributed by atoms with Gasteiger partial charge in [0.15, 0.2) is 0 Å². The predicted molar refractivity (Wildman–Crippen MR) is 84.1 cm³/mol. The molecule has 3 N–H and O–H groups in total. The van der Waals surface area contributed by atoms with Crippen molar-refractivity contribution in [2.45, 2.75) is 13.0 Å². The van der Waals surface area contributed by atoms with E-state index in [1.807, 2.05) is 25.1 Å². The van der Waals surface area contributed by atoms with E-state index >= 15 is 0 Å². The molecule has 0 aliphatic rings. The fourth-order valence-electron chi connectivity index (χ4n) is 1.62. The number of nitrogens with one attached hydrogen (secondary N) is 1. The Hall–Kier alpha value is -1.53. The van der Waals surface area contributed by atoms with Crippen LogP contribution in [0, 0.1) is 0 Å². The summed E-state index contributed by atoms with van der Waals surface area (Å²) >= 11 is 8.35. The summed E-state index contributed by atoms with van der Waals surface area (Å²) in [5.41, 5.74) is 7.25. The van der Waals surface area contributed by atoms with Crippen molar-refractivity contribution >= 4 is 39.1 Å². The third-order valence-corrected chi connectivity index (χ3v) is 3.30. The zero-order valence-electron chi connectivity index (χ0n) is 10.3. The van der Waals surface area contributed by atoms with Gasteiger partial charge in [0.05, 0.1) is 6.04 Å². The van der Waals surface area contributed by atoms with Crippen LogP contribution in [0.15, 0.2) is 41.0 Å². The molecule has 4 nitrogen and oxygen atoms in total. The molecule has 6 heteroatoms. The van der Waals surface area contributed by atoms with E-state index in [-0.39, 0.29) is 11.0 Å². The van der Waals surface area contributed by atoms with Gasteiger partial charge in [-0.1, -0.05) is 40.3 Å². The maximum atomic E-state index is 5.55. The summed E-state index contributed by atoms with van der Waals surface area (Å²) in [5, 5.41) is 3.22. The zero-order valence-corrected chi connectivity index (χ0v) is 12.7. The van der Waals surface area contributed by atoms with Crippen LogP contribution < -0.4 is 11.1 Å². The lowest BCUT2D eigenvalue weighted by Crippen LogP contribution is -2.15. The molecule has 0 bridgehead atoms. The predicted octanol–water partition coefficient (Wildman–Crippen LogP) is 3.05. The van der Waals surface area contributed by atoms with E-state index in [9.17, 15) is 0 Å². The van der Waals surface area contributed by atoms with Gasteiger partial charge in [0.25, 0.3) is 0 Å². The van der Waals surface area contributed by atoms with Crippen LogP contribution in [0.1, 0.15) is 24.2 Å². The molecule has 0 fully saturated rings. The Morgan fingerprint density at radius 3 is 2.89 bits per heavy atom. The number of thiocarbonyl (C=S) groups is 1. The van der Waals surface area contributed by atoms with Gasteiger partial charge in [-0.25, -0.2) is 9.97 Å². The second kappa shape index (κ2) is 6.08. The molecule has 2 rings (SSSR count). The van der Waals surface area contributed by atoms with Crippen LogP contribution >= 0.6 is 28.1 Å². The molecule has 0 aliphatic heterocycles.